The van der Waals surface area contributed by atoms with Crippen LogP contribution in [-0.2, 0) is 6.42 Å². The lowest BCUT2D eigenvalue weighted by Gasteiger charge is -2.22. The second-order valence-electron chi connectivity index (χ2n) is 5.44. The molecule has 1 aromatic rings. The summed E-state index contributed by atoms with van der Waals surface area (Å²) in [7, 11) is 1.63. The van der Waals surface area contributed by atoms with Crippen LogP contribution >= 0.6 is 11.6 Å². The van der Waals surface area contributed by atoms with Crippen molar-refractivity contribution in [1.29, 1.82) is 0 Å². The predicted octanol–water partition coefficient (Wildman–Crippen LogP) is 3.52. The van der Waals surface area contributed by atoms with Crippen LogP contribution < -0.4 is 15.4 Å². The van der Waals surface area contributed by atoms with Gasteiger partial charge < -0.3 is 15.4 Å². The summed E-state index contributed by atoms with van der Waals surface area (Å²) in [5.74, 6) is 0.800. The number of carbonyl (C=O) groups is 1. The van der Waals surface area contributed by atoms with Crippen molar-refractivity contribution in [3.8, 4) is 5.75 Å². The maximum absolute atomic E-state index is 11.8. The van der Waals surface area contributed by atoms with Gasteiger partial charge in [0.1, 0.15) is 5.75 Å². The second kappa shape index (κ2) is 8.13. The summed E-state index contributed by atoms with van der Waals surface area (Å²) < 4.78 is 5.29. The molecule has 21 heavy (non-hydrogen) atoms. The Morgan fingerprint density at radius 2 is 2.10 bits per heavy atom. The van der Waals surface area contributed by atoms with Gasteiger partial charge >= 0.3 is 6.03 Å². The van der Waals surface area contributed by atoms with Gasteiger partial charge in [0.25, 0.3) is 0 Å². The molecule has 0 bridgehead atoms. The first-order chi connectivity index (χ1) is 10.2. The van der Waals surface area contributed by atoms with Crippen molar-refractivity contribution in [1.82, 2.24) is 10.6 Å². The van der Waals surface area contributed by atoms with Crippen molar-refractivity contribution >= 4 is 17.6 Å². The van der Waals surface area contributed by atoms with Crippen LogP contribution in [0.4, 0.5) is 4.79 Å². The molecule has 2 amide bonds. The molecule has 0 atom stereocenters. The van der Waals surface area contributed by atoms with E-state index in [9.17, 15) is 4.79 Å². The van der Waals surface area contributed by atoms with Gasteiger partial charge in [-0.15, -0.1) is 0 Å². The van der Waals surface area contributed by atoms with E-state index in [4.69, 9.17) is 16.3 Å². The first-order valence-corrected chi connectivity index (χ1v) is 7.93. The number of nitrogens with one attached hydrogen (secondary N) is 2. The highest BCUT2D eigenvalue weighted by molar-refractivity contribution is 6.30. The maximum Gasteiger partial charge on any atom is 0.315 e. The third kappa shape index (κ3) is 5.12. The van der Waals surface area contributed by atoms with Crippen LogP contribution in [0.3, 0.4) is 0 Å². The number of carbonyl (C=O) groups excluding carboxylic acids is 1. The SMILES string of the molecule is COc1ccc(Cl)cc1CCNC(=O)NC1CCCCC1. The van der Waals surface area contributed by atoms with Crippen molar-refractivity contribution in [3.05, 3.63) is 28.8 Å². The molecule has 4 nitrogen and oxygen atoms in total. The van der Waals surface area contributed by atoms with Crippen molar-refractivity contribution in [2.45, 2.75) is 44.6 Å². The standard InChI is InChI=1S/C16H23ClN2O2/c1-21-15-8-7-13(17)11-12(15)9-10-18-16(20)19-14-5-3-2-4-6-14/h7-8,11,14H,2-6,9-10H2,1H3,(H2,18,19,20). The minimum Gasteiger partial charge on any atom is -0.496 e. The molecule has 0 radical (unpaired) electrons. The lowest BCUT2D eigenvalue weighted by atomic mass is 9.96. The molecule has 116 valence electrons. The summed E-state index contributed by atoms with van der Waals surface area (Å²) in [6.45, 7) is 0.565. The summed E-state index contributed by atoms with van der Waals surface area (Å²) >= 11 is 5.99. The van der Waals surface area contributed by atoms with Gasteiger partial charge in [0, 0.05) is 17.6 Å². The van der Waals surface area contributed by atoms with Crippen molar-refractivity contribution in [2.24, 2.45) is 0 Å². The van der Waals surface area contributed by atoms with E-state index in [1.807, 2.05) is 12.1 Å². The van der Waals surface area contributed by atoms with Gasteiger partial charge in [0.15, 0.2) is 0 Å². The number of rotatable bonds is 5. The number of amides is 2. The fourth-order valence-electron chi connectivity index (χ4n) is 2.74. The lowest BCUT2D eigenvalue weighted by Crippen LogP contribution is -2.43. The van der Waals surface area contributed by atoms with Crippen LogP contribution in [0.5, 0.6) is 5.75 Å². The first-order valence-electron chi connectivity index (χ1n) is 7.56. The first kappa shape index (κ1) is 16.0. The van der Waals surface area contributed by atoms with Gasteiger partial charge in [-0.1, -0.05) is 30.9 Å². The number of urea groups is 1. The Labute approximate surface area is 131 Å². The Balaban J connectivity index is 1.75. The zero-order valence-corrected chi connectivity index (χ0v) is 13.2. The molecule has 5 heteroatoms. The molecule has 1 saturated carbocycles. The van der Waals surface area contributed by atoms with E-state index >= 15 is 0 Å². The smallest absolute Gasteiger partial charge is 0.315 e. The van der Waals surface area contributed by atoms with Crippen LogP contribution in [0.1, 0.15) is 37.7 Å². The van der Waals surface area contributed by atoms with Crippen molar-refractivity contribution in [3.63, 3.8) is 0 Å². The third-order valence-electron chi connectivity index (χ3n) is 3.86. The van der Waals surface area contributed by atoms with Crippen LogP contribution in [0.2, 0.25) is 5.02 Å². The van der Waals surface area contributed by atoms with Gasteiger partial charge in [-0.25, -0.2) is 4.79 Å². The molecule has 2 N–H and O–H groups in total. The number of ether oxygens (including phenoxy) is 1. The molecule has 2 rings (SSSR count). The summed E-state index contributed by atoms with van der Waals surface area (Å²) in [6.07, 6.45) is 6.59. The minimum absolute atomic E-state index is 0.0807. The summed E-state index contributed by atoms with van der Waals surface area (Å²) in [6, 6.07) is 5.77. The fourth-order valence-corrected chi connectivity index (χ4v) is 2.93. The minimum atomic E-state index is -0.0807. The Hall–Kier alpha value is -1.42. The highest BCUT2D eigenvalue weighted by atomic mass is 35.5. The molecule has 0 aliphatic heterocycles. The second-order valence-corrected chi connectivity index (χ2v) is 5.88. The monoisotopic (exact) mass is 310 g/mol. The molecule has 1 fully saturated rings. The van der Waals surface area contributed by atoms with Gasteiger partial charge in [-0.3, -0.25) is 0 Å². The molecular formula is C16H23ClN2O2. The molecule has 0 unspecified atom stereocenters. The largest absolute Gasteiger partial charge is 0.496 e. The molecule has 0 aromatic heterocycles. The Morgan fingerprint density at radius 3 is 2.81 bits per heavy atom. The fraction of sp³-hybridized carbons (Fsp3) is 0.562. The highest BCUT2D eigenvalue weighted by Gasteiger charge is 2.15. The maximum atomic E-state index is 11.8. The zero-order chi connectivity index (χ0) is 15.1. The third-order valence-corrected chi connectivity index (χ3v) is 4.10. The molecule has 1 aromatic carbocycles. The number of benzene rings is 1. The Bertz CT molecular complexity index is 473. The van der Waals surface area contributed by atoms with Gasteiger partial charge in [0.05, 0.1) is 7.11 Å². The van der Waals surface area contributed by atoms with E-state index in [0.717, 1.165) is 24.2 Å². The normalized spacial score (nSPS) is 15.5. The molecular weight excluding hydrogens is 288 g/mol. The van der Waals surface area contributed by atoms with Crippen LogP contribution in [0, 0.1) is 0 Å². The predicted molar refractivity (Wildman–Crippen MR) is 85.1 cm³/mol. The Kier molecular flexibility index (Phi) is 6.18. The summed E-state index contributed by atoms with van der Waals surface area (Å²) in [5, 5.41) is 6.62. The van der Waals surface area contributed by atoms with E-state index < -0.39 is 0 Å². The van der Waals surface area contributed by atoms with E-state index in [-0.39, 0.29) is 6.03 Å². The Morgan fingerprint density at radius 1 is 1.33 bits per heavy atom. The number of hydrogen-bond donors (Lipinski definition) is 2. The molecule has 1 aliphatic carbocycles. The molecule has 1 aliphatic rings. The average molecular weight is 311 g/mol. The molecule has 0 saturated heterocycles. The number of hydrogen-bond acceptors (Lipinski definition) is 2. The quantitative estimate of drug-likeness (QED) is 0.874. The lowest BCUT2D eigenvalue weighted by molar-refractivity contribution is 0.233. The van der Waals surface area contributed by atoms with E-state index in [1.54, 1.807) is 13.2 Å². The van der Waals surface area contributed by atoms with Gasteiger partial charge in [-0.2, -0.15) is 0 Å². The number of methoxy groups -OCH3 is 1. The van der Waals surface area contributed by atoms with Gasteiger partial charge in [0.2, 0.25) is 0 Å². The summed E-state index contributed by atoms with van der Waals surface area (Å²) in [5.41, 5.74) is 1.00. The van der Waals surface area contributed by atoms with Crippen molar-refractivity contribution < 1.29 is 9.53 Å². The molecule has 0 spiro atoms. The average Bonchev–Trinajstić information content (AvgIpc) is 2.48. The van der Waals surface area contributed by atoms with Crippen LogP contribution in [0.15, 0.2) is 18.2 Å². The highest BCUT2D eigenvalue weighted by Crippen LogP contribution is 2.22. The zero-order valence-electron chi connectivity index (χ0n) is 12.5. The van der Waals surface area contributed by atoms with E-state index in [0.29, 0.717) is 24.0 Å². The molecule has 0 heterocycles. The van der Waals surface area contributed by atoms with Gasteiger partial charge in [-0.05, 0) is 43.0 Å². The van der Waals surface area contributed by atoms with Crippen molar-refractivity contribution in [2.75, 3.05) is 13.7 Å². The summed E-state index contributed by atoms with van der Waals surface area (Å²) in [4.78, 5) is 11.8. The van der Waals surface area contributed by atoms with Crippen LogP contribution in [0.25, 0.3) is 0 Å². The topological polar surface area (TPSA) is 50.4 Å². The van der Waals surface area contributed by atoms with Crippen LogP contribution in [-0.4, -0.2) is 25.7 Å². The number of halogens is 1. The van der Waals surface area contributed by atoms with E-state index in [2.05, 4.69) is 10.6 Å². The van der Waals surface area contributed by atoms with E-state index in [1.165, 1.54) is 19.3 Å².